The maximum atomic E-state index is 12.7. The summed E-state index contributed by atoms with van der Waals surface area (Å²) in [6.07, 6.45) is 3.91. The third-order valence-corrected chi connectivity index (χ3v) is 6.21. The molecule has 1 aromatic carbocycles. The van der Waals surface area contributed by atoms with Crippen LogP contribution in [0, 0.1) is 11.8 Å². The molecule has 30 heavy (non-hydrogen) atoms. The summed E-state index contributed by atoms with van der Waals surface area (Å²) >= 11 is 5.98. The minimum absolute atomic E-state index is 0.0715. The average Bonchev–Trinajstić information content (AvgIpc) is 3.53. The van der Waals surface area contributed by atoms with Crippen molar-refractivity contribution >= 4 is 29.4 Å². The Hall–Kier alpha value is -2.80. The van der Waals surface area contributed by atoms with Crippen molar-refractivity contribution in [3.05, 3.63) is 58.7 Å². The summed E-state index contributed by atoms with van der Waals surface area (Å²) in [6.45, 7) is 1.65. The summed E-state index contributed by atoms with van der Waals surface area (Å²) in [7, 11) is 0. The summed E-state index contributed by atoms with van der Waals surface area (Å²) in [5.74, 6) is 1.11. The molecule has 8 heteroatoms. The molecule has 1 aromatic heterocycles. The molecular weight excluding hydrogens is 404 g/mol. The van der Waals surface area contributed by atoms with Crippen LogP contribution < -0.4 is 11.1 Å². The third-order valence-electron chi connectivity index (χ3n) is 5.90. The molecule has 2 amide bonds. The third kappa shape index (κ3) is 4.84. The Kier molecular flexibility index (Phi) is 6.08. The number of hydrogen-bond donors (Lipinski definition) is 2. The number of amides is 2. The molecular formula is C22H25ClN4O3. The van der Waals surface area contributed by atoms with E-state index in [4.69, 9.17) is 22.1 Å². The van der Waals surface area contributed by atoms with Gasteiger partial charge in [0.1, 0.15) is 12.4 Å². The van der Waals surface area contributed by atoms with Crippen LogP contribution in [0.3, 0.4) is 0 Å². The van der Waals surface area contributed by atoms with E-state index in [2.05, 4.69) is 10.3 Å². The van der Waals surface area contributed by atoms with Crippen molar-refractivity contribution in [1.82, 2.24) is 15.2 Å². The number of halogens is 1. The van der Waals surface area contributed by atoms with Gasteiger partial charge in [-0.3, -0.25) is 4.79 Å². The number of nitrogens with one attached hydrogen (secondary N) is 1. The van der Waals surface area contributed by atoms with E-state index < -0.39 is 0 Å². The fourth-order valence-corrected chi connectivity index (χ4v) is 4.26. The summed E-state index contributed by atoms with van der Waals surface area (Å²) in [5.41, 5.74) is 7.04. The van der Waals surface area contributed by atoms with Gasteiger partial charge in [-0.1, -0.05) is 41.9 Å². The van der Waals surface area contributed by atoms with E-state index in [-0.39, 0.29) is 30.5 Å². The van der Waals surface area contributed by atoms with Gasteiger partial charge >= 0.3 is 6.09 Å². The van der Waals surface area contributed by atoms with Crippen molar-refractivity contribution in [2.75, 3.05) is 18.8 Å². The largest absolute Gasteiger partial charge is 0.445 e. The lowest BCUT2D eigenvalue weighted by atomic mass is 9.91. The lowest BCUT2D eigenvalue weighted by molar-refractivity contribution is 0.0679. The molecule has 2 atom stereocenters. The van der Waals surface area contributed by atoms with Gasteiger partial charge in [0.2, 0.25) is 0 Å². The molecule has 2 aromatic rings. The molecule has 1 saturated carbocycles. The highest BCUT2D eigenvalue weighted by Gasteiger charge is 2.45. The number of carbonyl (C=O) groups excluding carboxylic acids is 2. The number of aromatic nitrogens is 1. The fourth-order valence-electron chi connectivity index (χ4n) is 4.10. The summed E-state index contributed by atoms with van der Waals surface area (Å²) in [6, 6.07) is 11.4. The number of pyridine rings is 1. The van der Waals surface area contributed by atoms with Crippen LogP contribution in [0.2, 0.25) is 5.02 Å². The van der Waals surface area contributed by atoms with E-state index >= 15 is 0 Å². The number of piperidine rings is 1. The van der Waals surface area contributed by atoms with Crippen LogP contribution in [-0.2, 0) is 11.3 Å². The Balaban J connectivity index is 1.20. The van der Waals surface area contributed by atoms with Crippen LogP contribution >= 0.6 is 11.6 Å². The minimum Gasteiger partial charge on any atom is -0.445 e. The Labute approximate surface area is 180 Å². The highest BCUT2D eigenvalue weighted by Crippen LogP contribution is 2.42. The fraction of sp³-hybridized carbons (Fsp3) is 0.409. The number of rotatable bonds is 5. The molecule has 4 rings (SSSR count). The van der Waals surface area contributed by atoms with Crippen LogP contribution in [0.4, 0.5) is 10.6 Å². The molecule has 158 valence electrons. The van der Waals surface area contributed by atoms with E-state index in [1.54, 1.807) is 6.07 Å². The van der Waals surface area contributed by atoms with Gasteiger partial charge in [0.25, 0.3) is 5.91 Å². The van der Waals surface area contributed by atoms with Gasteiger partial charge in [0.05, 0.1) is 10.6 Å². The van der Waals surface area contributed by atoms with E-state index in [1.165, 1.54) is 6.20 Å². The number of nitrogen functional groups attached to an aromatic ring is 1. The number of nitrogens with zero attached hydrogens (tertiary/aromatic N) is 2. The summed E-state index contributed by atoms with van der Waals surface area (Å²) in [4.78, 5) is 30.5. The summed E-state index contributed by atoms with van der Waals surface area (Å²) < 4.78 is 5.30. The molecule has 1 saturated heterocycles. The first-order valence-electron chi connectivity index (χ1n) is 10.2. The van der Waals surface area contributed by atoms with Crippen molar-refractivity contribution in [2.45, 2.75) is 31.9 Å². The van der Waals surface area contributed by atoms with Gasteiger partial charge in [-0.05, 0) is 42.7 Å². The average molecular weight is 429 g/mol. The number of hydrogen-bond acceptors (Lipinski definition) is 5. The zero-order valence-electron chi connectivity index (χ0n) is 16.6. The molecule has 2 unspecified atom stereocenters. The second-order valence-corrected chi connectivity index (χ2v) is 8.34. The van der Waals surface area contributed by atoms with Crippen LogP contribution in [0.25, 0.3) is 0 Å². The van der Waals surface area contributed by atoms with Gasteiger partial charge < -0.3 is 20.7 Å². The van der Waals surface area contributed by atoms with E-state index in [0.717, 1.165) is 24.8 Å². The molecule has 7 nitrogen and oxygen atoms in total. The van der Waals surface area contributed by atoms with Crippen LogP contribution in [0.15, 0.2) is 42.6 Å². The first-order chi connectivity index (χ1) is 14.5. The second-order valence-electron chi connectivity index (χ2n) is 7.93. The first kappa shape index (κ1) is 20.5. The van der Waals surface area contributed by atoms with E-state index in [0.29, 0.717) is 35.5 Å². The molecule has 0 radical (unpaired) electrons. The van der Waals surface area contributed by atoms with Gasteiger partial charge in [0, 0.05) is 25.3 Å². The zero-order chi connectivity index (χ0) is 21.1. The predicted molar refractivity (Wildman–Crippen MR) is 114 cm³/mol. The molecule has 2 heterocycles. The number of benzene rings is 1. The molecule has 2 aliphatic rings. The lowest BCUT2D eigenvalue weighted by Crippen LogP contribution is -2.39. The monoisotopic (exact) mass is 428 g/mol. The highest BCUT2D eigenvalue weighted by atomic mass is 35.5. The number of ether oxygens (including phenoxy) is 1. The van der Waals surface area contributed by atoms with Crippen molar-refractivity contribution < 1.29 is 14.3 Å². The number of anilines is 1. The number of carbonyl (C=O) groups is 2. The molecule has 2 fully saturated rings. The Morgan fingerprint density at radius 2 is 1.97 bits per heavy atom. The normalized spacial score (nSPS) is 21.2. The maximum absolute atomic E-state index is 12.7. The lowest BCUT2D eigenvalue weighted by Gasteiger charge is -2.32. The zero-order valence-corrected chi connectivity index (χ0v) is 17.3. The van der Waals surface area contributed by atoms with Crippen molar-refractivity contribution in [3.8, 4) is 0 Å². The van der Waals surface area contributed by atoms with Gasteiger partial charge in [-0.2, -0.15) is 0 Å². The standard InChI is InChI=1S/C22H25ClN4O3/c23-18-10-16(12-25-20(18)24)21(28)27-8-6-15(7-9-27)17-11-19(17)26-22(29)30-13-14-4-2-1-3-5-14/h1-5,10,12,15,17,19H,6-9,11,13H2,(H2,24,25)(H,26,29). The first-order valence-corrected chi connectivity index (χ1v) is 10.6. The Morgan fingerprint density at radius 1 is 1.23 bits per heavy atom. The van der Waals surface area contributed by atoms with Crippen LogP contribution in [0.5, 0.6) is 0 Å². The highest BCUT2D eigenvalue weighted by molar-refractivity contribution is 6.33. The van der Waals surface area contributed by atoms with Crippen molar-refractivity contribution in [3.63, 3.8) is 0 Å². The Bertz CT molecular complexity index is 916. The quantitative estimate of drug-likeness (QED) is 0.759. The number of alkyl carbamates (subject to hydrolysis) is 1. The van der Waals surface area contributed by atoms with Crippen molar-refractivity contribution in [1.29, 1.82) is 0 Å². The number of nitrogens with two attached hydrogens (primary N) is 1. The molecule has 1 aliphatic carbocycles. The maximum Gasteiger partial charge on any atom is 0.407 e. The van der Waals surface area contributed by atoms with E-state index in [1.807, 2.05) is 35.2 Å². The number of likely N-dealkylation sites (tertiary alicyclic amines) is 1. The molecule has 1 aliphatic heterocycles. The molecule has 0 spiro atoms. The molecule has 0 bridgehead atoms. The molecule has 3 N–H and O–H groups in total. The van der Waals surface area contributed by atoms with E-state index in [9.17, 15) is 9.59 Å². The second kappa shape index (κ2) is 8.92. The smallest absolute Gasteiger partial charge is 0.407 e. The van der Waals surface area contributed by atoms with Gasteiger partial charge in [0.15, 0.2) is 0 Å². The Morgan fingerprint density at radius 3 is 2.67 bits per heavy atom. The van der Waals surface area contributed by atoms with Crippen LogP contribution in [-0.4, -0.2) is 41.0 Å². The van der Waals surface area contributed by atoms with Gasteiger partial charge in [-0.15, -0.1) is 0 Å². The predicted octanol–water partition coefficient (Wildman–Crippen LogP) is 3.48. The van der Waals surface area contributed by atoms with Crippen LogP contribution in [0.1, 0.15) is 35.2 Å². The summed E-state index contributed by atoms with van der Waals surface area (Å²) in [5, 5.41) is 3.26. The van der Waals surface area contributed by atoms with Gasteiger partial charge in [-0.25, -0.2) is 9.78 Å². The topological polar surface area (TPSA) is 97.5 Å². The SMILES string of the molecule is Nc1ncc(C(=O)N2CCC(C3CC3NC(=O)OCc3ccccc3)CC2)cc1Cl. The van der Waals surface area contributed by atoms with Crippen molar-refractivity contribution in [2.24, 2.45) is 11.8 Å². The minimum atomic E-state index is -0.369.